The van der Waals surface area contributed by atoms with E-state index in [1.54, 1.807) is 0 Å². The first-order valence-electron chi connectivity index (χ1n) is 15.0. The number of hydrogen-bond acceptors (Lipinski definition) is 9. The second-order valence-electron chi connectivity index (χ2n) is 12.8. The highest BCUT2D eigenvalue weighted by atomic mass is 127. The fourth-order valence-electron chi connectivity index (χ4n) is 7.01. The summed E-state index contributed by atoms with van der Waals surface area (Å²) >= 11 is 2.17. The summed E-state index contributed by atoms with van der Waals surface area (Å²) < 4.78 is 20.1. The number of carbonyl (C=O) groups is 2. The van der Waals surface area contributed by atoms with Crippen molar-refractivity contribution in [2.24, 2.45) is 5.41 Å². The number of esters is 1. The Morgan fingerprint density at radius 1 is 1.19 bits per heavy atom. The maximum absolute atomic E-state index is 13.9. The number of hydrogen-bond donors (Lipinski definition) is 2. The van der Waals surface area contributed by atoms with Crippen molar-refractivity contribution >= 4 is 45.8 Å². The van der Waals surface area contributed by atoms with Crippen LogP contribution in [0.15, 0.2) is 24.3 Å². The fourth-order valence-corrected chi connectivity index (χ4v) is 7.61. The molecule has 1 unspecified atom stereocenters. The monoisotopic (exact) mass is 702 g/mol. The molecule has 2 aromatic heterocycles. The molecular formula is C31H39IN6O5. The molecule has 1 spiro atoms. The molecule has 1 aromatic carbocycles. The number of benzene rings is 1. The third-order valence-electron chi connectivity index (χ3n) is 8.75. The molecule has 1 amide bonds. The Hall–Kier alpha value is -2.84. The molecule has 11 nitrogen and oxygen atoms in total. The Morgan fingerprint density at radius 3 is 2.65 bits per heavy atom. The van der Waals surface area contributed by atoms with Crippen molar-refractivity contribution in [2.45, 2.75) is 90.2 Å². The Kier molecular flexibility index (Phi) is 8.14. The topological polar surface area (TPSA) is 129 Å². The third-order valence-corrected chi connectivity index (χ3v) is 9.47. The number of aromatic nitrogens is 4. The van der Waals surface area contributed by atoms with Crippen LogP contribution in [0.1, 0.15) is 88.5 Å². The van der Waals surface area contributed by atoms with Gasteiger partial charge in [0.15, 0.2) is 15.6 Å². The molecule has 43 heavy (non-hydrogen) atoms. The van der Waals surface area contributed by atoms with Crippen LogP contribution < -0.4 is 10.6 Å². The number of rotatable bonds is 5. The molecule has 0 bridgehead atoms. The van der Waals surface area contributed by atoms with E-state index in [1.165, 1.54) is 6.92 Å². The van der Waals surface area contributed by atoms with Crippen molar-refractivity contribution in [3.05, 3.63) is 50.5 Å². The number of ether oxygens (including phenoxy) is 3. The van der Waals surface area contributed by atoms with Gasteiger partial charge in [0.05, 0.1) is 5.69 Å². The van der Waals surface area contributed by atoms with Gasteiger partial charge in [-0.25, -0.2) is 19.4 Å². The van der Waals surface area contributed by atoms with Crippen molar-refractivity contribution in [3.63, 3.8) is 0 Å². The van der Waals surface area contributed by atoms with Gasteiger partial charge < -0.3 is 24.8 Å². The number of amides is 1. The predicted octanol–water partition coefficient (Wildman–Crippen LogP) is 4.89. The first-order valence-corrected chi connectivity index (χ1v) is 16.1. The molecule has 1 aliphatic carbocycles. The van der Waals surface area contributed by atoms with E-state index in [0.717, 1.165) is 62.7 Å². The van der Waals surface area contributed by atoms with E-state index in [9.17, 15) is 9.59 Å². The fraction of sp³-hybridized carbons (Fsp3) is 0.581. The van der Waals surface area contributed by atoms with E-state index in [1.807, 2.05) is 37.6 Å². The van der Waals surface area contributed by atoms with E-state index in [0.29, 0.717) is 32.9 Å². The Morgan fingerprint density at radius 2 is 1.95 bits per heavy atom. The van der Waals surface area contributed by atoms with E-state index in [2.05, 4.69) is 45.4 Å². The molecule has 3 aliphatic rings. The molecule has 12 heteroatoms. The molecule has 4 heterocycles. The Labute approximate surface area is 265 Å². The van der Waals surface area contributed by atoms with Crippen LogP contribution in [-0.4, -0.2) is 57.1 Å². The smallest absolute Gasteiger partial charge is 0.408 e. The van der Waals surface area contributed by atoms with Gasteiger partial charge in [0.2, 0.25) is 0 Å². The maximum Gasteiger partial charge on any atom is 0.408 e. The van der Waals surface area contributed by atoms with Crippen molar-refractivity contribution < 1.29 is 23.8 Å². The molecule has 230 valence electrons. The largest absolute Gasteiger partial charge is 0.459 e. The standard InChI is InChI=1S/C31H39IN6O5/c1-19(39)42-18-22-25(35-27-24(34-22)26(32)37-38(27)23-11-7-8-16-41-23)31(36-28(40)43-29(2,3)4)21-10-6-5-9-20(21)17-30(31)12-14-33-15-13-30/h5-6,9-10,23,33H,7-8,11-18H2,1-4H3,(H,36,40)/t23?,31-/m0/s1. The van der Waals surface area contributed by atoms with Gasteiger partial charge in [0.25, 0.3) is 0 Å². The Bertz CT molecular complexity index is 1540. The Balaban J connectivity index is 1.65. The lowest BCUT2D eigenvalue weighted by Gasteiger charge is -2.49. The number of fused-ring (bicyclic) bond motifs is 2. The van der Waals surface area contributed by atoms with Crippen molar-refractivity contribution in [1.82, 2.24) is 30.4 Å². The maximum atomic E-state index is 13.9. The van der Waals surface area contributed by atoms with Crippen LogP contribution in [0, 0.1) is 9.12 Å². The number of alkyl carbamates (subject to hydrolysis) is 1. The van der Waals surface area contributed by atoms with Crippen LogP contribution in [0.3, 0.4) is 0 Å². The average molecular weight is 703 g/mol. The van der Waals surface area contributed by atoms with E-state index >= 15 is 0 Å². The summed E-state index contributed by atoms with van der Waals surface area (Å²) in [4.78, 5) is 36.4. The zero-order valence-electron chi connectivity index (χ0n) is 25.2. The van der Waals surface area contributed by atoms with Gasteiger partial charge in [-0.15, -0.1) is 0 Å². The van der Waals surface area contributed by atoms with Crippen molar-refractivity contribution in [2.75, 3.05) is 19.7 Å². The summed E-state index contributed by atoms with van der Waals surface area (Å²) in [6.45, 7) is 9.06. The highest BCUT2D eigenvalue weighted by molar-refractivity contribution is 14.1. The van der Waals surface area contributed by atoms with Crippen LogP contribution in [-0.2, 0) is 37.6 Å². The number of nitrogens with zero attached hydrogens (tertiary/aromatic N) is 4. The van der Waals surface area contributed by atoms with Gasteiger partial charge in [0.1, 0.15) is 29.0 Å². The number of piperidine rings is 1. The van der Waals surface area contributed by atoms with Crippen LogP contribution in [0.4, 0.5) is 4.79 Å². The van der Waals surface area contributed by atoms with Crippen LogP contribution in [0.2, 0.25) is 0 Å². The second kappa shape index (κ2) is 11.6. The lowest BCUT2D eigenvalue weighted by Crippen LogP contribution is -2.60. The second-order valence-corrected chi connectivity index (χ2v) is 13.8. The first kappa shape index (κ1) is 30.2. The summed E-state index contributed by atoms with van der Waals surface area (Å²) in [5, 5.41) is 11.7. The van der Waals surface area contributed by atoms with Gasteiger partial charge in [-0.2, -0.15) is 5.10 Å². The number of halogens is 1. The van der Waals surface area contributed by atoms with Crippen molar-refractivity contribution in [3.8, 4) is 0 Å². The van der Waals surface area contributed by atoms with Crippen molar-refractivity contribution in [1.29, 1.82) is 0 Å². The van der Waals surface area contributed by atoms with Gasteiger partial charge >= 0.3 is 12.1 Å². The molecule has 2 aliphatic heterocycles. The summed E-state index contributed by atoms with van der Waals surface area (Å²) in [6.07, 6.45) is 4.36. The molecule has 0 saturated carbocycles. The zero-order valence-corrected chi connectivity index (χ0v) is 27.3. The van der Waals surface area contributed by atoms with E-state index in [-0.39, 0.29) is 12.8 Å². The minimum Gasteiger partial charge on any atom is -0.459 e. The molecule has 2 fully saturated rings. The van der Waals surface area contributed by atoms with Crippen LogP contribution in [0.5, 0.6) is 0 Å². The van der Waals surface area contributed by atoms with Gasteiger partial charge in [-0.1, -0.05) is 24.3 Å². The summed E-state index contributed by atoms with van der Waals surface area (Å²) in [5.74, 6) is -0.425. The predicted molar refractivity (Wildman–Crippen MR) is 167 cm³/mol. The average Bonchev–Trinajstić information content (AvgIpc) is 3.42. The van der Waals surface area contributed by atoms with E-state index < -0.39 is 28.6 Å². The highest BCUT2D eigenvalue weighted by Gasteiger charge is 2.62. The third kappa shape index (κ3) is 5.50. The minimum absolute atomic E-state index is 0.0942. The zero-order chi connectivity index (χ0) is 30.4. The SMILES string of the molecule is CC(=O)OCc1nc2c(I)nn(C3CCCCO3)c2nc1[C@@]1(NC(=O)OC(C)(C)C)c2ccccc2CC12CCNCC2. The molecule has 2 N–H and O–H groups in total. The molecule has 0 radical (unpaired) electrons. The lowest BCUT2D eigenvalue weighted by molar-refractivity contribution is -0.142. The lowest BCUT2D eigenvalue weighted by atomic mass is 9.62. The number of carbonyl (C=O) groups excluding carboxylic acids is 2. The molecule has 2 saturated heterocycles. The number of nitrogens with one attached hydrogen (secondary N) is 2. The molecule has 2 atom stereocenters. The van der Waals surface area contributed by atoms with E-state index in [4.69, 9.17) is 29.3 Å². The molecule has 6 rings (SSSR count). The molecular weight excluding hydrogens is 663 g/mol. The van der Waals surface area contributed by atoms with Crippen LogP contribution in [0.25, 0.3) is 11.2 Å². The highest BCUT2D eigenvalue weighted by Crippen LogP contribution is 2.58. The van der Waals surface area contributed by atoms with Gasteiger partial charge in [-0.3, -0.25) is 4.79 Å². The summed E-state index contributed by atoms with van der Waals surface area (Å²) in [7, 11) is 0. The normalized spacial score (nSPS) is 23.2. The molecule has 3 aromatic rings. The van der Waals surface area contributed by atoms with Crippen LogP contribution >= 0.6 is 22.6 Å². The van der Waals surface area contributed by atoms with Gasteiger partial charge in [0, 0.05) is 18.9 Å². The quantitative estimate of drug-likeness (QED) is 0.282. The summed E-state index contributed by atoms with van der Waals surface area (Å²) in [6, 6.07) is 8.21. The van der Waals surface area contributed by atoms with Gasteiger partial charge in [-0.05, 0) is 106 Å². The minimum atomic E-state index is -1.11. The summed E-state index contributed by atoms with van der Waals surface area (Å²) in [5.41, 5.74) is 2.05. The first-order chi connectivity index (χ1) is 20.5.